The molecule has 1 aromatic carbocycles. The van der Waals surface area contributed by atoms with Crippen LogP contribution in [0.4, 0.5) is 13.2 Å². The Balaban J connectivity index is 1.68. The van der Waals surface area contributed by atoms with Crippen LogP contribution in [0.1, 0.15) is 28.8 Å². The van der Waals surface area contributed by atoms with Crippen molar-refractivity contribution in [2.75, 3.05) is 32.7 Å². The van der Waals surface area contributed by atoms with Crippen molar-refractivity contribution >= 4 is 11.8 Å². The predicted octanol–water partition coefficient (Wildman–Crippen LogP) is 1.74. The first-order valence-electron chi connectivity index (χ1n) is 8.33. The number of carbonyl (C=O) groups excluding carboxylic acids is 2. The molecule has 3 rings (SSSR count). The lowest BCUT2D eigenvalue weighted by atomic mass is 10.0. The van der Waals surface area contributed by atoms with Gasteiger partial charge in [-0.05, 0) is 37.1 Å². The van der Waals surface area contributed by atoms with E-state index in [1.807, 2.05) is 4.90 Å². The maximum Gasteiger partial charge on any atom is 0.416 e. The van der Waals surface area contributed by atoms with Gasteiger partial charge in [-0.15, -0.1) is 0 Å². The number of piperazine rings is 1. The average Bonchev–Trinajstić information content (AvgIpc) is 2.61. The molecule has 2 aliphatic rings. The third-order valence-electron chi connectivity index (χ3n) is 4.71. The first-order chi connectivity index (χ1) is 11.9. The molecule has 2 fully saturated rings. The quantitative estimate of drug-likeness (QED) is 0.879. The van der Waals surface area contributed by atoms with E-state index < -0.39 is 11.7 Å². The van der Waals surface area contributed by atoms with Gasteiger partial charge in [0.1, 0.15) is 0 Å². The molecule has 2 saturated heterocycles. The normalized spacial score (nSPS) is 22.2. The SMILES string of the molecule is O=C(c1ccc(C(F)(F)F)cc1)N1CCCC(N2CCNCC2=O)C1. The highest BCUT2D eigenvalue weighted by molar-refractivity contribution is 5.94. The van der Waals surface area contributed by atoms with Gasteiger partial charge in [-0.3, -0.25) is 9.59 Å². The molecular weight excluding hydrogens is 335 g/mol. The summed E-state index contributed by atoms with van der Waals surface area (Å²) in [4.78, 5) is 28.1. The van der Waals surface area contributed by atoms with Gasteiger partial charge in [-0.1, -0.05) is 0 Å². The standard InChI is InChI=1S/C17H20F3N3O2/c18-17(19,20)13-5-3-12(4-6-13)16(25)22-8-1-2-14(11-22)23-9-7-21-10-15(23)24/h3-6,14,21H,1-2,7-11H2. The van der Waals surface area contributed by atoms with Crippen molar-refractivity contribution in [1.82, 2.24) is 15.1 Å². The number of nitrogens with one attached hydrogen (secondary N) is 1. The molecule has 1 unspecified atom stereocenters. The maximum atomic E-state index is 12.6. The lowest BCUT2D eigenvalue weighted by Gasteiger charge is -2.41. The average molecular weight is 355 g/mol. The Labute approximate surface area is 143 Å². The number of carbonyl (C=O) groups is 2. The van der Waals surface area contributed by atoms with E-state index in [1.54, 1.807) is 4.90 Å². The topological polar surface area (TPSA) is 52.7 Å². The molecule has 25 heavy (non-hydrogen) atoms. The summed E-state index contributed by atoms with van der Waals surface area (Å²) in [5, 5.41) is 3.02. The van der Waals surface area contributed by atoms with Crippen LogP contribution in [0.2, 0.25) is 0 Å². The van der Waals surface area contributed by atoms with Crippen LogP contribution in [0.25, 0.3) is 0 Å². The summed E-state index contributed by atoms with van der Waals surface area (Å²) in [6, 6.07) is 4.25. The van der Waals surface area contributed by atoms with E-state index in [1.165, 1.54) is 12.1 Å². The smallest absolute Gasteiger partial charge is 0.337 e. The van der Waals surface area contributed by atoms with E-state index in [9.17, 15) is 22.8 Å². The van der Waals surface area contributed by atoms with Gasteiger partial charge in [0.15, 0.2) is 0 Å². The maximum absolute atomic E-state index is 12.6. The molecule has 5 nitrogen and oxygen atoms in total. The summed E-state index contributed by atoms with van der Waals surface area (Å²) >= 11 is 0. The molecule has 0 aromatic heterocycles. The number of alkyl halides is 3. The fourth-order valence-electron chi connectivity index (χ4n) is 3.39. The van der Waals surface area contributed by atoms with Crippen LogP contribution in [-0.2, 0) is 11.0 Å². The van der Waals surface area contributed by atoms with E-state index >= 15 is 0 Å². The van der Waals surface area contributed by atoms with Crippen LogP contribution in [0.5, 0.6) is 0 Å². The molecule has 2 heterocycles. The van der Waals surface area contributed by atoms with Crippen LogP contribution in [0, 0.1) is 0 Å². The fourth-order valence-corrected chi connectivity index (χ4v) is 3.39. The molecule has 2 aliphatic heterocycles. The summed E-state index contributed by atoms with van der Waals surface area (Å²) in [7, 11) is 0. The Morgan fingerprint density at radius 3 is 2.52 bits per heavy atom. The Bertz CT molecular complexity index is 646. The Kier molecular flexibility index (Phi) is 4.99. The highest BCUT2D eigenvalue weighted by atomic mass is 19.4. The van der Waals surface area contributed by atoms with E-state index in [0.717, 1.165) is 31.5 Å². The molecule has 1 N–H and O–H groups in total. The number of piperidine rings is 1. The lowest BCUT2D eigenvalue weighted by molar-refractivity contribution is -0.137. The first kappa shape index (κ1) is 17.7. The van der Waals surface area contributed by atoms with Crippen molar-refractivity contribution in [3.63, 3.8) is 0 Å². The van der Waals surface area contributed by atoms with Gasteiger partial charge in [0.25, 0.3) is 5.91 Å². The molecule has 0 bridgehead atoms. The summed E-state index contributed by atoms with van der Waals surface area (Å²) < 4.78 is 37.9. The third kappa shape index (κ3) is 3.95. The Morgan fingerprint density at radius 2 is 1.88 bits per heavy atom. The van der Waals surface area contributed by atoms with Crippen LogP contribution < -0.4 is 5.32 Å². The number of hydrogen-bond donors (Lipinski definition) is 1. The number of benzene rings is 1. The molecule has 0 radical (unpaired) electrons. The van der Waals surface area contributed by atoms with Gasteiger partial charge < -0.3 is 15.1 Å². The van der Waals surface area contributed by atoms with E-state index in [4.69, 9.17) is 0 Å². The van der Waals surface area contributed by atoms with Crippen LogP contribution in [0.3, 0.4) is 0 Å². The number of hydrogen-bond acceptors (Lipinski definition) is 3. The predicted molar refractivity (Wildman–Crippen MR) is 85.0 cm³/mol. The van der Waals surface area contributed by atoms with Crippen molar-refractivity contribution in [2.45, 2.75) is 25.1 Å². The van der Waals surface area contributed by atoms with Gasteiger partial charge in [-0.25, -0.2) is 0 Å². The monoisotopic (exact) mass is 355 g/mol. The van der Waals surface area contributed by atoms with Crippen LogP contribution in [-0.4, -0.2) is 60.4 Å². The second kappa shape index (κ2) is 7.03. The summed E-state index contributed by atoms with van der Waals surface area (Å²) in [6.07, 6.45) is -2.81. The van der Waals surface area contributed by atoms with Gasteiger partial charge in [0.05, 0.1) is 12.1 Å². The lowest BCUT2D eigenvalue weighted by Crippen LogP contribution is -2.57. The molecule has 1 atom stereocenters. The first-order valence-corrected chi connectivity index (χ1v) is 8.33. The molecule has 136 valence electrons. The summed E-state index contributed by atoms with van der Waals surface area (Å²) in [5.41, 5.74) is -0.535. The minimum absolute atomic E-state index is 0.0262. The minimum Gasteiger partial charge on any atom is -0.337 e. The van der Waals surface area contributed by atoms with Crippen molar-refractivity contribution < 1.29 is 22.8 Å². The number of likely N-dealkylation sites (tertiary alicyclic amines) is 1. The summed E-state index contributed by atoms with van der Waals surface area (Å²) in [6.45, 7) is 2.63. The number of halogens is 3. The van der Waals surface area contributed by atoms with Crippen molar-refractivity contribution in [3.8, 4) is 0 Å². The van der Waals surface area contributed by atoms with Gasteiger partial charge in [0, 0.05) is 37.8 Å². The summed E-state index contributed by atoms with van der Waals surface area (Å²) in [5.74, 6) is -0.263. The number of amides is 2. The van der Waals surface area contributed by atoms with E-state index in [2.05, 4.69) is 5.32 Å². The highest BCUT2D eigenvalue weighted by Crippen LogP contribution is 2.29. The largest absolute Gasteiger partial charge is 0.416 e. The van der Waals surface area contributed by atoms with Gasteiger partial charge >= 0.3 is 6.18 Å². The molecule has 8 heteroatoms. The van der Waals surface area contributed by atoms with Crippen LogP contribution >= 0.6 is 0 Å². The zero-order chi connectivity index (χ0) is 18.0. The van der Waals surface area contributed by atoms with Gasteiger partial charge in [-0.2, -0.15) is 13.2 Å². The Hall–Kier alpha value is -2.09. The zero-order valence-electron chi connectivity index (χ0n) is 13.7. The van der Waals surface area contributed by atoms with Crippen molar-refractivity contribution in [3.05, 3.63) is 35.4 Å². The zero-order valence-corrected chi connectivity index (χ0v) is 13.7. The fraction of sp³-hybridized carbons (Fsp3) is 0.529. The van der Waals surface area contributed by atoms with E-state index in [0.29, 0.717) is 26.2 Å². The molecule has 0 spiro atoms. The molecule has 0 saturated carbocycles. The molecular formula is C17H20F3N3O2. The van der Waals surface area contributed by atoms with Crippen molar-refractivity contribution in [1.29, 1.82) is 0 Å². The van der Waals surface area contributed by atoms with Crippen LogP contribution in [0.15, 0.2) is 24.3 Å². The number of nitrogens with zero attached hydrogens (tertiary/aromatic N) is 2. The molecule has 1 aromatic rings. The molecule has 2 amide bonds. The second-order valence-electron chi connectivity index (χ2n) is 6.39. The van der Waals surface area contributed by atoms with Gasteiger partial charge in [0.2, 0.25) is 5.91 Å². The highest BCUT2D eigenvalue weighted by Gasteiger charge is 2.33. The third-order valence-corrected chi connectivity index (χ3v) is 4.71. The Morgan fingerprint density at radius 1 is 1.16 bits per heavy atom. The second-order valence-corrected chi connectivity index (χ2v) is 6.39. The minimum atomic E-state index is -4.42. The number of rotatable bonds is 2. The van der Waals surface area contributed by atoms with E-state index in [-0.39, 0.29) is 23.4 Å². The van der Waals surface area contributed by atoms with Crippen molar-refractivity contribution in [2.24, 2.45) is 0 Å². The molecule has 0 aliphatic carbocycles.